The molecule has 1 rings (SSSR count). The van der Waals surface area contributed by atoms with Crippen LogP contribution in [0.15, 0.2) is 18.2 Å². The average molecular weight is 250 g/mol. The van der Waals surface area contributed by atoms with Crippen molar-refractivity contribution in [2.45, 2.75) is 46.6 Å². The van der Waals surface area contributed by atoms with Gasteiger partial charge in [-0.2, -0.15) is 0 Å². The van der Waals surface area contributed by atoms with Crippen LogP contribution in [0.1, 0.15) is 56.5 Å². The zero-order valence-corrected chi connectivity index (χ0v) is 11.8. The molecule has 18 heavy (non-hydrogen) atoms. The molecule has 100 valence electrons. The topological polar surface area (TPSA) is 35.5 Å². The third-order valence-corrected chi connectivity index (χ3v) is 2.53. The molecule has 0 fully saturated rings. The van der Waals surface area contributed by atoms with Crippen LogP contribution in [0.4, 0.5) is 0 Å². The molecule has 0 aliphatic carbocycles. The van der Waals surface area contributed by atoms with Crippen molar-refractivity contribution in [2.75, 3.05) is 6.61 Å². The fourth-order valence-corrected chi connectivity index (χ4v) is 1.63. The van der Waals surface area contributed by atoms with Gasteiger partial charge in [0.05, 0.1) is 12.7 Å². The highest BCUT2D eigenvalue weighted by molar-refractivity contribution is 5.92. The van der Waals surface area contributed by atoms with Crippen LogP contribution in [0.25, 0.3) is 0 Å². The third-order valence-electron chi connectivity index (χ3n) is 2.53. The summed E-state index contributed by atoms with van der Waals surface area (Å²) in [4.78, 5) is 11.8. The Bertz CT molecular complexity index is 408. The Morgan fingerprint density at radius 1 is 1.22 bits per heavy atom. The molecule has 0 N–H and O–H groups in total. The first kappa shape index (κ1) is 14.6. The average Bonchev–Trinajstić information content (AvgIpc) is 2.28. The Labute approximate surface area is 109 Å². The van der Waals surface area contributed by atoms with E-state index in [9.17, 15) is 4.79 Å². The lowest BCUT2D eigenvalue weighted by Crippen LogP contribution is -2.12. The van der Waals surface area contributed by atoms with Crippen LogP contribution in [0, 0.1) is 0 Å². The quantitative estimate of drug-likeness (QED) is 0.746. The maximum atomic E-state index is 11.8. The molecule has 0 unspecified atom stereocenters. The van der Waals surface area contributed by atoms with Gasteiger partial charge in [0.25, 0.3) is 0 Å². The van der Waals surface area contributed by atoms with Gasteiger partial charge in [-0.25, -0.2) is 4.79 Å². The highest BCUT2D eigenvalue weighted by atomic mass is 16.5. The number of hydrogen-bond acceptors (Lipinski definition) is 3. The van der Waals surface area contributed by atoms with Crippen LogP contribution in [0.3, 0.4) is 0 Å². The van der Waals surface area contributed by atoms with Crippen molar-refractivity contribution in [1.82, 2.24) is 0 Å². The number of carbonyl (C=O) groups is 1. The van der Waals surface area contributed by atoms with Gasteiger partial charge in [0.1, 0.15) is 11.3 Å². The molecule has 0 aliphatic heterocycles. The summed E-state index contributed by atoms with van der Waals surface area (Å²) < 4.78 is 10.7. The standard InChI is InChI=1S/C15H22O3/c1-6-17-15(16)13-8-7-12(10(2)3)9-14(13)18-11(4)5/h7-11H,6H2,1-5H3. The Hall–Kier alpha value is -1.51. The predicted octanol–water partition coefficient (Wildman–Crippen LogP) is 3.77. The van der Waals surface area contributed by atoms with Gasteiger partial charge in [0, 0.05) is 0 Å². The van der Waals surface area contributed by atoms with E-state index in [-0.39, 0.29) is 12.1 Å². The van der Waals surface area contributed by atoms with E-state index in [0.717, 1.165) is 5.56 Å². The lowest BCUT2D eigenvalue weighted by atomic mass is 10.0. The number of esters is 1. The molecule has 3 nitrogen and oxygen atoms in total. The highest BCUT2D eigenvalue weighted by Gasteiger charge is 2.16. The van der Waals surface area contributed by atoms with Crippen LogP contribution in [0.2, 0.25) is 0 Å². The Morgan fingerprint density at radius 3 is 2.39 bits per heavy atom. The first-order valence-electron chi connectivity index (χ1n) is 6.43. The smallest absolute Gasteiger partial charge is 0.341 e. The largest absolute Gasteiger partial charge is 0.490 e. The van der Waals surface area contributed by atoms with Crippen LogP contribution < -0.4 is 4.74 Å². The van der Waals surface area contributed by atoms with Crippen LogP contribution in [-0.2, 0) is 4.74 Å². The number of rotatable bonds is 5. The summed E-state index contributed by atoms with van der Waals surface area (Å²) in [6.07, 6.45) is 0.0283. The molecule has 3 heteroatoms. The van der Waals surface area contributed by atoms with Crippen molar-refractivity contribution < 1.29 is 14.3 Å². The molecule has 0 spiro atoms. The minimum atomic E-state index is -0.330. The maximum Gasteiger partial charge on any atom is 0.341 e. The summed E-state index contributed by atoms with van der Waals surface area (Å²) in [5, 5.41) is 0. The van der Waals surface area contributed by atoms with E-state index in [2.05, 4.69) is 13.8 Å². The van der Waals surface area contributed by atoms with Crippen LogP contribution in [0.5, 0.6) is 5.75 Å². The number of carbonyl (C=O) groups excluding carboxylic acids is 1. The van der Waals surface area contributed by atoms with Crippen molar-refractivity contribution in [3.05, 3.63) is 29.3 Å². The molecular formula is C15H22O3. The first-order valence-corrected chi connectivity index (χ1v) is 6.43. The number of benzene rings is 1. The summed E-state index contributed by atoms with van der Waals surface area (Å²) in [7, 11) is 0. The zero-order chi connectivity index (χ0) is 13.7. The van der Waals surface area contributed by atoms with Gasteiger partial charge in [-0.1, -0.05) is 19.9 Å². The van der Waals surface area contributed by atoms with E-state index in [4.69, 9.17) is 9.47 Å². The highest BCUT2D eigenvalue weighted by Crippen LogP contribution is 2.26. The molecule has 0 aliphatic rings. The summed E-state index contributed by atoms with van der Waals surface area (Å²) in [6, 6.07) is 5.66. The molecule has 0 radical (unpaired) electrons. The van der Waals surface area contributed by atoms with Gasteiger partial charge in [-0.05, 0) is 44.4 Å². The summed E-state index contributed by atoms with van der Waals surface area (Å²) >= 11 is 0. The molecule has 1 aromatic carbocycles. The normalized spacial score (nSPS) is 10.8. The van der Waals surface area contributed by atoms with Gasteiger partial charge in [-0.15, -0.1) is 0 Å². The summed E-state index contributed by atoms with van der Waals surface area (Å²) in [5.74, 6) is 0.675. The zero-order valence-electron chi connectivity index (χ0n) is 11.8. The fourth-order valence-electron chi connectivity index (χ4n) is 1.63. The molecule has 0 aromatic heterocycles. The Balaban J connectivity index is 3.12. The molecule has 0 amide bonds. The fraction of sp³-hybridized carbons (Fsp3) is 0.533. The van der Waals surface area contributed by atoms with Crippen LogP contribution >= 0.6 is 0 Å². The number of hydrogen-bond donors (Lipinski definition) is 0. The van der Waals surface area contributed by atoms with Gasteiger partial charge in [0.15, 0.2) is 0 Å². The molecule has 0 heterocycles. The van der Waals surface area contributed by atoms with Crippen molar-refractivity contribution in [2.24, 2.45) is 0 Å². The number of ether oxygens (including phenoxy) is 2. The lowest BCUT2D eigenvalue weighted by Gasteiger charge is -2.16. The van der Waals surface area contributed by atoms with Gasteiger partial charge in [-0.3, -0.25) is 0 Å². The van der Waals surface area contributed by atoms with Crippen LogP contribution in [-0.4, -0.2) is 18.7 Å². The van der Waals surface area contributed by atoms with E-state index in [0.29, 0.717) is 23.8 Å². The monoisotopic (exact) mass is 250 g/mol. The summed E-state index contributed by atoms with van der Waals surface area (Å²) in [6.45, 7) is 10.3. The van der Waals surface area contributed by atoms with E-state index < -0.39 is 0 Å². The molecular weight excluding hydrogens is 228 g/mol. The van der Waals surface area contributed by atoms with Crippen molar-refractivity contribution in [3.63, 3.8) is 0 Å². The van der Waals surface area contributed by atoms with E-state index >= 15 is 0 Å². The van der Waals surface area contributed by atoms with Crippen molar-refractivity contribution in [1.29, 1.82) is 0 Å². The second-order valence-electron chi connectivity index (χ2n) is 4.80. The van der Waals surface area contributed by atoms with Gasteiger partial charge < -0.3 is 9.47 Å². The SMILES string of the molecule is CCOC(=O)c1ccc(C(C)C)cc1OC(C)C. The second-order valence-corrected chi connectivity index (χ2v) is 4.80. The maximum absolute atomic E-state index is 11.8. The molecule has 1 aromatic rings. The Morgan fingerprint density at radius 2 is 1.89 bits per heavy atom. The molecule has 0 saturated heterocycles. The van der Waals surface area contributed by atoms with Gasteiger partial charge >= 0.3 is 5.97 Å². The van der Waals surface area contributed by atoms with Crippen molar-refractivity contribution in [3.8, 4) is 5.75 Å². The van der Waals surface area contributed by atoms with E-state index in [1.54, 1.807) is 13.0 Å². The minimum Gasteiger partial charge on any atom is -0.490 e. The molecule has 0 saturated carbocycles. The lowest BCUT2D eigenvalue weighted by molar-refractivity contribution is 0.0520. The Kier molecular flexibility index (Phi) is 5.20. The molecule has 0 bridgehead atoms. The van der Waals surface area contributed by atoms with E-state index in [1.165, 1.54) is 0 Å². The first-order chi connectivity index (χ1) is 8.45. The predicted molar refractivity (Wildman–Crippen MR) is 72.3 cm³/mol. The third kappa shape index (κ3) is 3.76. The van der Waals surface area contributed by atoms with Crippen molar-refractivity contribution >= 4 is 5.97 Å². The molecule has 0 atom stereocenters. The van der Waals surface area contributed by atoms with E-state index in [1.807, 2.05) is 26.0 Å². The summed E-state index contributed by atoms with van der Waals surface area (Å²) in [5.41, 5.74) is 1.65. The second kappa shape index (κ2) is 6.43. The minimum absolute atomic E-state index is 0.0283. The van der Waals surface area contributed by atoms with Gasteiger partial charge in [0.2, 0.25) is 0 Å².